The number of carbonyl (C=O) groups is 4. The van der Waals surface area contributed by atoms with Crippen LogP contribution in [0.4, 0.5) is 0 Å². The van der Waals surface area contributed by atoms with Crippen molar-refractivity contribution in [3.8, 4) is 0 Å². The molecule has 13 nitrogen and oxygen atoms in total. The van der Waals surface area contributed by atoms with Crippen LogP contribution in [0.5, 0.6) is 0 Å². The van der Waals surface area contributed by atoms with Gasteiger partial charge in [0.2, 0.25) is 5.79 Å². The highest BCUT2D eigenvalue weighted by molar-refractivity contribution is 6.39. The van der Waals surface area contributed by atoms with Gasteiger partial charge in [-0.1, -0.05) is 44.6 Å². The number of esters is 1. The summed E-state index contributed by atoms with van der Waals surface area (Å²) in [6.45, 7) is 8.59. The molecule has 0 aromatic rings. The lowest BCUT2D eigenvalue weighted by Crippen LogP contribution is -2.64. The minimum absolute atomic E-state index is 0.0448. The number of ether oxygens (including phenoxy) is 5. The number of ketones is 2. The maximum Gasteiger partial charge on any atom is 0.329 e. The first-order valence-corrected chi connectivity index (χ1v) is 20.8. The number of hydrogen-bond donors (Lipinski definition) is 3. The van der Waals surface area contributed by atoms with Crippen LogP contribution in [-0.2, 0) is 42.9 Å². The molecule has 0 aromatic carbocycles. The zero-order chi connectivity index (χ0) is 43.8. The fraction of sp³-hybridized carbons (Fsp3) is 0.773. The van der Waals surface area contributed by atoms with Gasteiger partial charge in [-0.15, -0.1) is 6.53 Å². The molecule has 3 heterocycles. The first-order valence-electron chi connectivity index (χ1n) is 21.8. The molecular formula is C44H69NO12. The third kappa shape index (κ3) is 11.3. The van der Waals surface area contributed by atoms with Crippen LogP contribution in [0.3, 0.4) is 0 Å². The quantitative estimate of drug-likeness (QED) is 0.141. The van der Waals surface area contributed by atoms with Gasteiger partial charge in [0.05, 0.1) is 33.3 Å². The van der Waals surface area contributed by atoms with Gasteiger partial charge in [0.15, 0.2) is 0 Å². The summed E-state index contributed by atoms with van der Waals surface area (Å²) in [6.07, 6.45) is 3.43. The van der Waals surface area contributed by atoms with Crippen molar-refractivity contribution in [2.75, 3.05) is 27.9 Å². The van der Waals surface area contributed by atoms with Crippen molar-refractivity contribution in [3.05, 3.63) is 35.9 Å². The average molecular weight is 807 g/mol. The van der Waals surface area contributed by atoms with Crippen LogP contribution in [0.25, 0.3) is 0 Å². The van der Waals surface area contributed by atoms with Gasteiger partial charge in [-0.3, -0.25) is 14.4 Å². The molecule has 2 bridgehead atoms. The van der Waals surface area contributed by atoms with Crippen molar-refractivity contribution < 1.29 is 60.9 Å². The van der Waals surface area contributed by atoms with Crippen molar-refractivity contribution in [2.24, 2.45) is 29.6 Å². The number of cyclic esters (lactones) is 1. The Hall–Kier alpha value is -2.78. The molecule has 322 valence electrons. The minimum Gasteiger partial charge on any atom is -0.456 e. The number of aliphatic hydroxyl groups is 3. The number of piperidine rings is 1. The second-order valence-electron chi connectivity index (χ2n) is 17.2. The number of methoxy groups -OCH3 is 3. The number of nitrogens with zero attached hydrogens (tertiary/aromatic N) is 1. The van der Waals surface area contributed by atoms with Gasteiger partial charge in [-0.25, -0.2) is 4.79 Å². The van der Waals surface area contributed by atoms with E-state index in [9.17, 15) is 34.5 Å². The van der Waals surface area contributed by atoms with Gasteiger partial charge in [-0.05, 0) is 95.5 Å². The first-order chi connectivity index (χ1) is 27.8. The van der Waals surface area contributed by atoms with Crippen LogP contribution in [-0.4, -0.2) is 126 Å². The zero-order valence-corrected chi connectivity index (χ0v) is 35.2. The third-order valence-corrected chi connectivity index (χ3v) is 12.8. The summed E-state index contributed by atoms with van der Waals surface area (Å²) in [5.74, 6) is -8.41. The van der Waals surface area contributed by atoms with Crippen LogP contribution >= 0.6 is 0 Å². The van der Waals surface area contributed by atoms with Crippen LogP contribution in [0.15, 0.2) is 35.9 Å². The van der Waals surface area contributed by atoms with E-state index in [1.807, 2.05) is 26.0 Å². The van der Waals surface area contributed by atoms with Crippen LogP contribution in [0.2, 0.25) is 0 Å². The number of amides is 1. The number of rotatable bonds is 7. The lowest BCUT2D eigenvalue weighted by atomic mass is 9.81. The maximum atomic E-state index is 14.3. The van der Waals surface area contributed by atoms with Gasteiger partial charge in [0.25, 0.3) is 11.7 Å². The van der Waals surface area contributed by atoms with Gasteiger partial charge in [-0.2, -0.15) is 0 Å². The van der Waals surface area contributed by atoms with E-state index in [1.165, 1.54) is 20.3 Å². The summed E-state index contributed by atoms with van der Waals surface area (Å²) in [4.78, 5) is 58.0. The summed E-state index contributed by atoms with van der Waals surface area (Å²) < 4.78 is 45.1. The lowest BCUT2D eigenvalue weighted by Gasteiger charge is -2.47. The number of hydrogen-bond acceptors (Lipinski definition) is 12. The Bertz CT molecular complexity index is 1570. The molecule has 0 spiro atoms. The number of Topliss-reactive ketones (excluding diaryl/α,β-unsaturated/α-hetero) is 2. The predicted molar refractivity (Wildman–Crippen MR) is 213 cm³/mol. The van der Waals surface area contributed by atoms with Crippen molar-refractivity contribution in [3.63, 3.8) is 0 Å². The lowest BCUT2D eigenvalue weighted by molar-refractivity contribution is -0.302. The highest BCUT2D eigenvalue weighted by Crippen LogP contribution is 2.39. The van der Waals surface area contributed by atoms with E-state index >= 15 is 0 Å². The van der Waals surface area contributed by atoms with Crippen molar-refractivity contribution in [2.45, 2.75) is 160 Å². The molecule has 3 fully saturated rings. The Kier molecular flexibility index (Phi) is 16.1. The van der Waals surface area contributed by atoms with E-state index in [0.29, 0.717) is 50.5 Å². The molecule has 13 heteroatoms. The van der Waals surface area contributed by atoms with Crippen LogP contribution < -0.4 is 0 Å². The fourth-order valence-corrected chi connectivity index (χ4v) is 9.37. The molecule has 14 atom stereocenters. The summed E-state index contributed by atoms with van der Waals surface area (Å²) in [5, 5.41) is 34.2. The van der Waals surface area contributed by atoms with Crippen molar-refractivity contribution >= 4 is 23.4 Å². The molecule has 3 aliphatic heterocycles. The number of fused-ring (bicyclic) bond motifs is 3. The largest absolute Gasteiger partial charge is 0.456 e. The second kappa shape index (κ2) is 21.0. The molecular weight excluding hydrogens is 735 g/mol. The Balaban J connectivity index is 1.80. The molecule has 4 aliphatic rings. The molecule has 1 saturated carbocycles. The summed E-state index contributed by atoms with van der Waals surface area (Å²) in [7, 11) is 4.55. The Morgan fingerprint density at radius 2 is 1.65 bits per heavy atom. The predicted octanol–water partition coefficient (Wildman–Crippen LogP) is 4.64. The standard InChI is InChI=1S/C44H69NO12/c1-10-13-31-19-25(2)18-26(3)20-37(54-8)40-38(55-9)22-28(5)44(52,57-40)41(49)42(50)45-17-12-11-14-32(45)43(51)56-39(29(6)34(47)24-35(31)48)27(4)21-30-15-16-33(46)36(23-30)53-7/h10,19,21,26,28-34,36-40,46-47,52H,1,11-18,20,22-24H2,2-9H3/b25-19?,27-21+/t26-,28+,29+,30-,31+,32-,33+,34-,36+,37-,38-,39+,40+,44+/m0/s1/i1+1D2. The van der Waals surface area contributed by atoms with Crippen molar-refractivity contribution in [1.82, 2.24) is 4.90 Å². The van der Waals surface area contributed by atoms with Crippen LogP contribution in [0.1, 0.15) is 108 Å². The van der Waals surface area contributed by atoms with E-state index in [2.05, 4.69) is 0 Å². The van der Waals surface area contributed by atoms with E-state index in [1.54, 1.807) is 27.9 Å². The van der Waals surface area contributed by atoms with E-state index in [0.717, 1.165) is 10.5 Å². The average Bonchev–Trinajstić information content (AvgIpc) is 3.20. The van der Waals surface area contributed by atoms with Crippen molar-refractivity contribution in [1.29, 1.82) is 0 Å². The molecule has 0 radical (unpaired) electrons. The normalized spacial score (nSPS) is 40.5. The highest BCUT2D eigenvalue weighted by Gasteiger charge is 2.56. The fourth-order valence-electron chi connectivity index (χ4n) is 9.37. The SMILES string of the molecule is [2H][13C]([2H])=CC[C@@H]1C=C(C)C[C@H](C)C[C@H](OC)[C@H]2O[C@@](O)(C(=O)C(=O)N3CCCC[C@H]3C(=O)O[C@H](/C(C)=C/[C@@H]3CC[C@@H](O)[C@H](OC)C3)[C@H](C)[C@@H](O)CC1=O)[C@H](C)C[C@@H]2OC. The monoisotopic (exact) mass is 806 g/mol. The number of carbonyl (C=O) groups excluding carboxylic acids is 4. The van der Waals surface area contributed by atoms with E-state index < -0.39 is 90.4 Å². The number of aliphatic hydroxyl groups excluding tert-OH is 2. The summed E-state index contributed by atoms with van der Waals surface area (Å²) in [5.41, 5.74) is 1.47. The summed E-state index contributed by atoms with van der Waals surface area (Å²) >= 11 is 0. The van der Waals surface area contributed by atoms with Gasteiger partial charge in [0, 0.05) is 52.0 Å². The molecule has 57 heavy (non-hydrogen) atoms. The summed E-state index contributed by atoms with van der Waals surface area (Å²) in [6, 6.07) is -1.18. The molecule has 2 saturated heterocycles. The smallest absolute Gasteiger partial charge is 0.329 e. The first kappa shape index (κ1) is 43.8. The maximum absolute atomic E-state index is 14.3. The molecule has 4 rings (SSSR count). The molecule has 0 unspecified atom stereocenters. The molecule has 1 amide bonds. The third-order valence-electron chi connectivity index (χ3n) is 12.8. The molecule has 0 aromatic heterocycles. The number of allylic oxidation sites excluding steroid dienone is 4. The molecule has 1 aliphatic carbocycles. The van der Waals surface area contributed by atoms with E-state index in [4.69, 9.17) is 26.4 Å². The van der Waals surface area contributed by atoms with Gasteiger partial charge >= 0.3 is 5.97 Å². The van der Waals surface area contributed by atoms with Crippen LogP contribution in [0, 0.1) is 29.6 Å². The second-order valence-corrected chi connectivity index (χ2v) is 17.2. The minimum atomic E-state index is -2.54. The molecule has 3 N–H and O–H groups in total. The van der Waals surface area contributed by atoms with Gasteiger partial charge < -0.3 is 43.9 Å². The van der Waals surface area contributed by atoms with Gasteiger partial charge in [0.1, 0.15) is 24.0 Å². The Morgan fingerprint density at radius 3 is 2.32 bits per heavy atom. The Morgan fingerprint density at radius 1 is 0.965 bits per heavy atom. The highest BCUT2D eigenvalue weighted by atomic mass is 16.7. The van der Waals surface area contributed by atoms with E-state index in [-0.39, 0.29) is 56.0 Å². The Labute approximate surface area is 342 Å². The topological polar surface area (TPSA) is 178 Å². The zero-order valence-electron chi connectivity index (χ0n) is 37.2.